The first-order valence-electron chi connectivity index (χ1n) is 9.39. The van der Waals surface area contributed by atoms with Crippen LogP contribution < -0.4 is 5.32 Å². The number of amides is 1. The van der Waals surface area contributed by atoms with Crippen molar-refractivity contribution in [3.8, 4) is 0 Å². The zero-order valence-corrected chi connectivity index (χ0v) is 16.2. The van der Waals surface area contributed by atoms with Crippen molar-refractivity contribution in [2.45, 2.75) is 50.0 Å². The van der Waals surface area contributed by atoms with Crippen LogP contribution in [0.25, 0.3) is 0 Å². The Kier molecular flexibility index (Phi) is 5.86. The maximum absolute atomic E-state index is 12.9. The maximum Gasteiger partial charge on any atom is 0.308 e. The van der Waals surface area contributed by atoms with E-state index in [1.165, 1.54) is 4.31 Å². The lowest BCUT2D eigenvalue weighted by Crippen LogP contribution is -2.48. The van der Waals surface area contributed by atoms with Gasteiger partial charge < -0.3 is 10.4 Å². The fourth-order valence-electron chi connectivity index (χ4n) is 3.96. The van der Waals surface area contributed by atoms with Crippen LogP contribution in [-0.4, -0.2) is 48.8 Å². The number of aryl methyl sites for hydroxylation is 1. The number of carbonyl (C=O) groups is 2. The summed E-state index contributed by atoms with van der Waals surface area (Å²) in [7, 11) is -3.64. The molecule has 7 nitrogen and oxygen atoms in total. The molecule has 1 aromatic carbocycles. The van der Waals surface area contributed by atoms with E-state index in [1.54, 1.807) is 24.3 Å². The van der Waals surface area contributed by atoms with Crippen molar-refractivity contribution in [2.75, 3.05) is 13.1 Å². The quantitative estimate of drug-likeness (QED) is 0.792. The Labute approximate surface area is 159 Å². The standard InChI is InChI=1S/C19H26N2O5S/c1-13-7-9-15(10-8-13)27(25,26)21-11-3-4-14(12-21)18(22)20-17-6-2-5-16(17)19(23)24/h7-10,14,16-17H,2-6,11-12H2,1H3,(H,20,22)(H,23,24)/t14?,16-,17+/m0/s1. The number of carboxylic acid groups (broad SMARTS) is 1. The number of aliphatic carboxylic acids is 1. The zero-order valence-electron chi connectivity index (χ0n) is 15.4. The van der Waals surface area contributed by atoms with Crippen LogP contribution in [0.3, 0.4) is 0 Å². The third kappa shape index (κ3) is 4.32. The Hall–Kier alpha value is -1.93. The molecule has 1 heterocycles. The third-order valence-corrected chi connectivity index (χ3v) is 7.45. The molecule has 27 heavy (non-hydrogen) atoms. The minimum absolute atomic E-state index is 0.131. The van der Waals surface area contributed by atoms with Gasteiger partial charge in [0, 0.05) is 19.1 Å². The number of hydrogen-bond acceptors (Lipinski definition) is 4. The van der Waals surface area contributed by atoms with E-state index in [-0.39, 0.29) is 23.4 Å². The molecule has 2 aliphatic rings. The number of carbonyl (C=O) groups excluding carboxylic acids is 1. The van der Waals surface area contributed by atoms with Gasteiger partial charge in [-0.15, -0.1) is 0 Å². The van der Waals surface area contributed by atoms with E-state index in [1.807, 2.05) is 6.92 Å². The predicted octanol–water partition coefficient (Wildman–Crippen LogP) is 1.77. The Morgan fingerprint density at radius 3 is 2.48 bits per heavy atom. The van der Waals surface area contributed by atoms with E-state index in [2.05, 4.69) is 5.32 Å². The molecule has 2 fully saturated rings. The van der Waals surface area contributed by atoms with Crippen LogP contribution in [0.2, 0.25) is 0 Å². The summed E-state index contributed by atoms with van der Waals surface area (Å²) >= 11 is 0. The number of nitrogens with zero attached hydrogens (tertiary/aromatic N) is 1. The molecule has 8 heteroatoms. The van der Waals surface area contributed by atoms with Crippen LogP contribution in [0.4, 0.5) is 0 Å². The first-order chi connectivity index (χ1) is 12.8. The summed E-state index contributed by atoms with van der Waals surface area (Å²) in [4.78, 5) is 24.2. The van der Waals surface area contributed by atoms with E-state index >= 15 is 0 Å². The second-order valence-corrected chi connectivity index (χ2v) is 9.44. The van der Waals surface area contributed by atoms with Gasteiger partial charge in [-0.1, -0.05) is 24.1 Å². The van der Waals surface area contributed by atoms with Crippen molar-refractivity contribution in [3.05, 3.63) is 29.8 Å². The van der Waals surface area contributed by atoms with Crippen LogP contribution in [0.1, 0.15) is 37.7 Å². The fraction of sp³-hybridized carbons (Fsp3) is 0.579. The highest BCUT2D eigenvalue weighted by Crippen LogP contribution is 2.28. The molecule has 0 bridgehead atoms. The molecule has 148 valence electrons. The molecule has 1 unspecified atom stereocenters. The molecular weight excluding hydrogens is 368 g/mol. The molecule has 0 aromatic heterocycles. The lowest BCUT2D eigenvalue weighted by Gasteiger charge is -2.32. The summed E-state index contributed by atoms with van der Waals surface area (Å²) < 4.78 is 27.1. The predicted molar refractivity (Wildman–Crippen MR) is 99.6 cm³/mol. The Morgan fingerprint density at radius 2 is 1.81 bits per heavy atom. The van der Waals surface area contributed by atoms with Gasteiger partial charge in [0.25, 0.3) is 0 Å². The van der Waals surface area contributed by atoms with Crippen LogP contribution in [0, 0.1) is 18.8 Å². The molecular formula is C19H26N2O5S. The van der Waals surface area contributed by atoms with Gasteiger partial charge in [-0.25, -0.2) is 8.42 Å². The van der Waals surface area contributed by atoms with Crippen LogP contribution in [0.5, 0.6) is 0 Å². The van der Waals surface area contributed by atoms with Crippen LogP contribution >= 0.6 is 0 Å². The molecule has 3 atom stereocenters. The Bertz CT molecular complexity index is 806. The smallest absolute Gasteiger partial charge is 0.308 e. The molecule has 1 aliphatic heterocycles. The lowest BCUT2D eigenvalue weighted by atomic mass is 9.97. The van der Waals surface area contributed by atoms with Gasteiger partial charge >= 0.3 is 5.97 Å². The van der Waals surface area contributed by atoms with Crippen LogP contribution in [0.15, 0.2) is 29.2 Å². The topological polar surface area (TPSA) is 104 Å². The number of sulfonamides is 1. The number of piperidine rings is 1. The Morgan fingerprint density at radius 1 is 1.11 bits per heavy atom. The van der Waals surface area contributed by atoms with Gasteiger partial charge in [-0.05, 0) is 44.7 Å². The average molecular weight is 394 g/mol. The molecule has 2 N–H and O–H groups in total. The maximum atomic E-state index is 12.9. The van der Waals surface area contributed by atoms with Crippen molar-refractivity contribution < 1.29 is 23.1 Å². The van der Waals surface area contributed by atoms with Crippen LogP contribution in [-0.2, 0) is 19.6 Å². The molecule has 1 amide bonds. The number of hydrogen-bond donors (Lipinski definition) is 2. The van der Waals surface area contributed by atoms with Gasteiger partial charge in [-0.3, -0.25) is 9.59 Å². The van der Waals surface area contributed by atoms with Gasteiger partial charge in [0.05, 0.1) is 16.7 Å². The monoisotopic (exact) mass is 394 g/mol. The molecule has 1 aliphatic carbocycles. The molecule has 0 radical (unpaired) electrons. The SMILES string of the molecule is Cc1ccc(S(=O)(=O)N2CCCC(C(=O)N[C@@H]3CCC[C@@H]3C(=O)O)C2)cc1. The van der Waals surface area contributed by atoms with Gasteiger partial charge in [0.2, 0.25) is 15.9 Å². The first kappa shape index (κ1) is 19.8. The lowest BCUT2D eigenvalue weighted by molar-refractivity contribution is -0.142. The average Bonchev–Trinajstić information content (AvgIpc) is 3.10. The van der Waals surface area contributed by atoms with Gasteiger partial charge in [-0.2, -0.15) is 4.31 Å². The number of carboxylic acids is 1. The zero-order chi connectivity index (χ0) is 19.6. The molecule has 3 rings (SSSR count). The van der Waals surface area contributed by atoms with Crippen molar-refractivity contribution in [1.29, 1.82) is 0 Å². The van der Waals surface area contributed by atoms with E-state index in [4.69, 9.17) is 0 Å². The van der Waals surface area contributed by atoms with E-state index < -0.39 is 27.8 Å². The summed E-state index contributed by atoms with van der Waals surface area (Å²) in [5.74, 6) is -2.12. The molecule has 1 saturated heterocycles. The van der Waals surface area contributed by atoms with Gasteiger partial charge in [0.15, 0.2) is 0 Å². The van der Waals surface area contributed by atoms with Crippen molar-refractivity contribution in [2.24, 2.45) is 11.8 Å². The second kappa shape index (κ2) is 7.98. The minimum Gasteiger partial charge on any atom is -0.481 e. The summed E-state index contributed by atoms with van der Waals surface area (Å²) in [6.07, 6.45) is 3.21. The van der Waals surface area contributed by atoms with Gasteiger partial charge in [0.1, 0.15) is 0 Å². The van der Waals surface area contributed by atoms with Crippen molar-refractivity contribution in [3.63, 3.8) is 0 Å². The summed E-state index contributed by atoms with van der Waals surface area (Å²) in [5.41, 5.74) is 0.981. The normalized spacial score (nSPS) is 26.6. The van der Waals surface area contributed by atoms with E-state index in [0.29, 0.717) is 32.2 Å². The molecule has 1 aromatic rings. The second-order valence-electron chi connectivity index (χ2n) is 7.51. The third-order valence-electron chi connectivity index (χ3n) is 5.57. The Balaban J connectivity index is 1.67. The van der Waals surface area contributed by atoms with E-state index in [9.17, 15) is 23.1 Å². The highest BCUT2D eigenvalue weighted by molar-refractivity contribution is 7.89. The number of rotatable bonds is 5. The number of benzene rings is 1. The summed E-state index contributed by atoms with van der Waals surface area (Å²) in [6, 6.07) is 6.33. The largest absolute Gasteiger partial charge is 0.481 e. The van der Waals surface area contributed by atoms with E-state index in [0.717, 1.165) is 12.0 Å². The first-order valence-corrected chi connectivity index (χ1v) is 10.8. The minimum atomic E-state index is -3.64. The summed E-state index contributed by atoms with van der Waals surface area (Å²) in [5, 5.41) is 12.1. The molecule has 0 spiro atoms. The fourth-order valence-corrected chi connectivity index (χ4v) is 5.49. The summed E-state index contributed by atoms with van der Waals surface area (Å²) in [6.45, 7) is 2.42. The van der Waals surface area contributed by atoms with Crippen molar-refractivity contribution in [1.82, 2.24) is 9.62 Å². The van der Waals surface area contributed by atoms with Crippen molar-refractivity contribution >= 4 is 21.9 Å². The highest BCUT2D eigenvalue weighted by Gasteiger charge is 2.37. The molecule has 1 saturated carbocycles. The highest BCUT2D eigenvalue weighted by atomic mass is 32.2. The number of nitrogens with one attached hydrogen (secondary N) is 1.